The molecular formula is C21H25N5O3. The second kappa shape index (κ2) is 10.2. The number of carbonyl (C=O) groups is 1. The number of nitrogens with one attached hydrogen (secondary N) is 1. The van der Waals surface area contributed by atoms with E-state index in [2.05, 4.69) is 27.2 Å². The first-order valence-corrected chi connectivity index (χ1v) is 9.74. The van der Waals surface area contributed by atoms with Crippen LogP contribution in [0.5, 0.6) is 11.6 Å². The van der Waals surface area contributed by atoms with Crippen LogP contribution in [0, 0.1) is 0 Å². The van der Waals surface area contributed by atoms with Gasteiger partial charge >= 0.3 is 0 Å². The van der Waals surface area contributed by atoms with Crippen LogP contribution in [-0.2, 0) is 0 Å². The second-order valence-corrected chi connectivity index (χ2v) is 6.36. The van der Waals surface area contributed by atoms with E-state index >= 15 is 0 Å². The van der Waals surface area contributed by atoms with Crippen molar-refractivity contribution >= 4 is 17.5 Å². The lowest BCUT2D eigenvalue weighted by atomic mass is 10.3. The molecule has 3 rings (SSSR count). The molecule has 0 amide bonds. The minimum absolute atomic E-state index is 0.229. The lowest BCUT2D eigenvalue weighted by Gasteiger charge is -2.14. The molecule has 0 aliphatic rings. The fourth-order valence-electron chi connectivity index (χ4n) is 2.54. The molecule has 152 valence electrons. The van der Waals surface area contributed by atoms with Crippen LogP contribution in [0.4, 0.5) is 11.6 Å². The molecule has 0 saturated heterocycles. The molecule has 0 unspecified atom stereocenters. The van der Waals surface area contributed by atoms with E-state index in [1.807, 2.05) is 31.2 Å². The van der Waals surface area contributed by atoms with E-state index in [1.54, 1.807) is 6.20 Å². The van der Waals surface area contributed by atoms with Crippen molar-refractivity contribution in [2.45, 2.75) is 33.1 Å². The van der Waals surface area contributed by atoms with Gasteiger partial charge in [-0.2, -0.15) is 4.98 Å². The first-order valence-electron chi connectivity index (χ1n) is 9.74. The van der Waals surface area contributed by atoms with Gasteiger partial charge in [-0.05, 0) is 25.0 Å². The van der Waals surface area contributed by atoms with Gasteiger partial charge in [0.25, 0.3) is 5.91 Å². The van der Waals surface area contributed by atoms with Gasteiger partial charge in [0.2, 0.25) is 11.8 Å². The maximum absolute atomic E-state index is 12.7. The lowest BCUT2D eigenvalue weighted by Crippen LogP contribution is -2.15. The Labute approximate surface area is 169 Å². The van der Waals surface area contributed by atoms with Crippen LogP contribution >= 0.6 is 0 Å². The Balaban J connectivity index is 1.84. The summed E-state index contributed by atoms with van der Waals surface area (Å²) in [6, 6.07) is 7.60. The summed E-state index contributed by atoms with van der Waals surface area (Å²) in [4.78, 5) is 25.3. The number of ether oxygens (including phenoxy) is 2. The maximum atomic E-state index is 12.7. The van der Waals surface area contributed by atoms with Crippen molar-refractivity contribution < 1.29 is 14.3 Å². The summed E-state index contributed by atoms with van der Waals surface area (Å²) in [5, 5.41) is 3.16. The number of nitrogens with zero attached hydrogens (tertiary/aromatic N) is 4. The van der Waals surface area contributed by atoms with Crippen LogP contribution in [0.2, 0.25) is 0 Å². The molecular weight excluding hydrogens is 370 g/mol. The van der Waals surface area contributed by atoms with Gasteiger partial charge in [-0.1, -0.05) is 32.4 Å². The molecule has 2 heterocycles. The molecule has 0 atom stereocenters. The van der Waals surface area contributed by atoms with E-state index in [9.17, 15) is 4.79 Å². The molecule has 0 radical (unpaired) electrons. The number of hydrogen-bond donors (Lipinski definition) is 1. The van der Waals surface area contributed by atoms with E-state index in [-0.39, 0.29) is 17.4 Å². The largest absolute Gasteiger partial charge is 0.491 e. The standard InChI is InChI=1S/C21H25N5O3/c1-3-5-13-28-18-9-7-6-8-17(18)24-21-23-14-16(19(25-21)29-12-4-2)20(27)26-11-10-22-15-26/h6-11,14-15H,3-5,12-13H2,1-2H3,(H,23,24,25). The quantitative estimate of drug-likeness (QED) is 0.517. The zero-order chi connectivity index (χ0) is 20.5. The third-order valence-electron chi connectivity index (χ3n) is 4.06. The average Bonchev–Trinajstić information content (AvgIpc) is 3.28. The summed E-state index contributed by atoms with van der Waals surface area (Å²) < 4.78 is 12.9. The van der Waals surface area contributed by atoms with Crippen molar-refractivity contribution in [3.05, 3.63) is 54.7 Å². The van der Waals surface area contributed by atoms with E-state index in [4.69, 9.17) is 9.47 Å². The van der Waals surface area contributed by atoms with Crippen molar-refractivity contribution in [3.8, 4) is 11.6 Å². The Hall–Kier alpha value is -3.42. The third-order valence-corrected chi connectivity index (χ3v) is 4.06. The molecule has 0 saturated carbocycles. The van der Waals surface area contributed by atoms with Crippen LogP contribution < -0.4 is 14.8 Å². The summed E-state index contributed by atoms with van der Waals surface area (Å²) in [5.41, 5.74) is 1.02. The first-order chi connectivity index (χ1) is 14.2. The number of para-hydroxylation sites is 2. The van der Waals surface area contributed by atoms with Gasteiger partial charge < -0.3 is 14.8 Å². The normalized spacial score (nSPS) is 10.6. The molecule has 0 aliphatic heterocycles. The molecule has 0 bridgehead atoms. The molecule has 0 aliphatic carbocycles. The topological polar surface area (TPSA) is 91.2 Å². The van der Waals surface area contributed by atoms with E-state index in [1.165, 1.54) is 23.3 Å². The molecule has 1 aromatic carbocycles. The summed E-state index contributed by atoms with van der Waals surface area (Å²) in [7, 11) is 0. The lowest BCUT2D eigenvalue weighted by molar-refractivity contribution is 0.0954. The molecule has 2 aromatic heterocycles. The Morgan fingerprint density at radius 1 is 1.14 bits per heavy atom. The van der Waals surface area contributed by atoms with Crippen molar-refractivity contribution in [1.82, 2.24) is 19.5 Å². The third kappa shape index (κ3) is 5.31. The molecule has 8 nitrogen and oxygen atoms in total. The molecule has 0 fully saturated rings. The van der Waals surface area contributed by atoms with Crippen LogP contribution in [0.25, 0.3) is 0 Å². The number of imidazole rings is 1. The van der Waals surface area contributed by atoms with Gasteiger partial charge in [-0.3, -0.25) is 9.36 Å². The number of hydrogen-bond acceptors (Lipinski definition) is 7. The van der Waals surface area contributed by atoms with E-state index < -0.39 is 0 Å². The monoisotopic (exact) mass is 395 g/mol. The predicted molar refractivity (Wildman–Crippen MR) is 110 cm³/mol. The summed E-state index contributed by atoms with van der Waals surface area (Å²) in [6.45, 7) is 5.18. The summed E-state index contributed by atoms with van der Waals surface area (Å²) >= 11 is 0. The highest BCUT2D eigenvalue weighted by atomic mass is 16.5. The van der Waals surface area contributed by atoms with Gasteiger partial charge in [0, 0.05) is 18.6 Å². The second-order valence-electron chi connectivity index (χ2n) is 6.36. The van der Waals surface area contributed by atoms with Crippen LogP contribution in [0.1, 0.15) is 43.5 Å². The molecule has 3 aromatic rings. The van der Waals surface area contributed by atoms with Gasteiger partial charge in [-0.15, -0.1) is 0 Å². The van der Waals surface area contributed by atoms with E-state index in [0.717, 1.165) is 30.7 Å². The zero-order valence-electron chi connectivity index (χ0n) is 16.7. The van der Waals surface area contributed by atoms with Gasteiger partial charge in [0.15, 0.2) is 0 Å². The fraction of sp³-hybridized carbons (Fsp3) is 0.333. The Morgan fingerprint density at radius 2 is 2.00 bits per heavy atom. The highest BCUT2D eigenvalue weighted by molar-refractivity contribution is 5.97. The van der Waals surface area contributed by atoms with Crippen LogP contribution in [0.3, 0.4) is 0 Å². The number of unbranched alkanes of at least 4 members (excludes halogenated alkanes) is 1. The first kappa shape index (κ1) is 20.3. The maximum Gasteiger partial charge on any atom is 0.270 e. The highest BCUT2D eigenvalue weighted by Gasteiger charge is 2.18. The van der Waals surface area contributed by atoms with E-state index in [0.29, 0.717) is 19.2 Å². The smallest absolute Gasteiger partial charge is 0.270 e. The minimum Gasteiger partial charge on any atom is -0.491 e. The average molecular weight is 395 g/mol. The number of benzene rings is 1. The SMILES string of the molecule is CCCCOc1ccccc1Nc1ncc(C(=O)n2ccnc2)c(OCCC)n1. The van der Waals surface area contributed by atoms with Crippen molar-refractivity contribution in [3.63, 3.8) is 0 Å². The Kier molecular flexibility index (Phi) is 7.16. The van der Waals surface area contributed by atoms with Gasteiger partial charge in [0.05, 0.1) is 18.9 Å². The molecule has 1 N–H and O–H groups in total. The molecule has 29 heavy (non-hydrogen) atoms. The highest BCUT2D eigenvalue weighted by Crippen LogP contribution is 2.27. The summed E-state index contributed by atoms with van der Waals surface area (Å²) in [5.74, 6) is 0.972. The van der Waals surface area contributed by atoms with Crippen molar-refractivity contribution in [2.75, 3.05) is 18.5 Å². The van der Waals surface area contributed by atoms with Crippen LogP contribution in [0.15, 0.2) is 49.2 Å². The Bertz CT molecular complexity index is 928. The molecule has 0 spiro atoms. The van der Waals surface area contributed by atoms with Gasteiger partial charge in [0.1, 0.15) is 17.6 Å². The van der Waals surface area contributed by atoms with Gasteiger partial charge in [-0.25, -0.2) is 9.97 Å². The number of rotatable bonds is 10. The minimum atomic E-state index is -0.302. The molecule has 8 heteroatoms. The summed E-state index contributed by atoms with van der Waals surface area (Å²) in [6.07, 6.45) is 8.83. The number of carbonyl (C=O) groups excluding carboxylic acids is 1. The number of aromatic nitrogens is 4. The fourth-order valence-corrected chi connectivity index (χ4v) is 2.54. The number of anilines is 2. The predicted octanol–water partition coefficient (Wildman–Crippen LogP) is 4.07. The van der Waals surface area contributed by atoms with Crippen molar-refractivity contribution in [2.24, 2.45) is 0 Å². The Morgan fingerprint density at radius 3 is 2.76 bits per heavy atom. The van der Waals surface area contributed by atoms with Crippen molar-refractivity contribution in [1.29, 1.82) is 0 Å². The van der Waals surface area contributed by atoms with Crippen LogP contribution in [-0.4, -0.2) is 38.6 Å². The zero-order valence-corrected chi connectivity index (χ0v) is 16.7.